The molecule has 0 saturated carbocycles. The van der Waals surface area contributed by atoms with Crippen LogP contribution in [0.15, 0.2) is 24.4 Å². The van der Waals surface area contributed by atoms with Gasteiger partial charge in [0, 0.05) is 19.3 Å². The zero-order chi connectivity index (χ0) is 12.7. The molecule has 1 aromatic heterocycles. The summed E-state index contributed by atoms with van der Waals surface area (Å²) in [6.45, 7) is 7.22. The van der Waals surface area contributed by atoms with Crippen molar-refractivity contribution in [1.82, 2.24) is 9.88 Å². The van der Waals surface area contributed by atoms with E-state index in [2.05, 4.69) is 36.8 Å². The fourth-order valence-electron chi connectivity index (χ4n) is 2.19. The van der Waals surface area contributed by atoms with Gasteiger partial charge in [-0.25, -0.2) is 0 Å². The second-order valence-electron chi connectivity index (χ2n) is 5.25. The number of hydrogen-bond acceptors (Lipinski definition) is 3. The molecular formula is C14H25N3. The highest BCUT2D eigenvalue weighted by Gasteiger charge is 2.12. The highest BCUT2D eigenvalue weighted by atomic mass is 15.1. The monoisotopic (exact) mass is 235 g/mol. The Kier molecular flexibility index (Phi) is 6.16. The summed E-state index contributed by atoms with van der Waals surface area (Å²) in [5, 5.41) is 0. The quantitative estimate of drug-likeness (QED) is 0.787. The molecule has 1 unspecified atom stereocenters. The van der Waals surface area contributed by atoms with Crippen LogP contribution in [0.5, 0.6) is 0 Å². The molecule has 17 heavy (non-hydrogen) atoms. The molecule has 1 rings (SSSR count). The lowest BCUT2D eigenvalue weighted by Crippen LogP contribution is -2.31. The van der Waals surface area contributed by atoms with Gasteiger partial charge in [0.15, 0.2) is 0 Å². The lowest BCUT2D eigenvalue weighted by molar-refractivity contribution is 0.248. The van der Waals surface area contributed by atoms with Gasteiger partial charge in [0.25, 0.3) is 0 Å². The predicted molar refractivity (Wildman–Crippen MR) is 72.6 cm³/mol. The summed E-state index contributed by atoms with van der Waals surface area (Å²) in [6, 6.07) is 6.05. The summed E-state index contributed by atoms with van der Waals surface area (Å²) in [4.78, 5) is 6.65. The zero-order valence-electron chi connectivity index (χ0n) is 11.3. The predicted octanol–water partition coefficient (Wildman–Crippen LogP) is 2.13. The standard InChI is InChI=1S/C14H25N3/c1-12(2)8-13(9-15)10-17(3)11-14-6-4-5-7-16-14/h4-7,12-13H,8-11,15H2,1-3H3. The molecule has 3 nitrogen and oxygen atoms in total. The molecule has 0 radical (unpaired) electrons. The van der Waals surface area contributed by atoms with E-state index in [1.54, 1.807) is 0 Å². The van der Waals surface area contributed by atoms with E-state index in [-0.39, 0.29) is 0 Å². The van der Waals surface area contributed by atoms with Crippen LogP contribution in [0.3, 0.4) is 0 Å². The van der Waals surface area contributed by atoms with Gasteiger partial charge in [-0.15, -0.1) is 0 Å². The van der Waals surface area contributed by atoms with E-state index in [0.29, 0.717) is 11.8 Å². The molecule has 0 spiro atoms. The van der Waals surface area contributed by atoms with Gasteiger partial charge in [-0.1, -0.05) is 19.9 Å². The van der Waals surface area contributed by atoms with E-state index < -0.39 is 0 Å². The van der Waals surface area contributed by atoms with Crippen LogP contribution < -0.4 is 5.73 Å². The van der Waals surface area contributed by atoms with Crippen molar-refractivity contribution in [2.24, 2.45) is 17.6 Å². The maximum Gasteiger partial charge on any atom is 0.0543 e. The smallest absolute Gasteiger partial charge is 0.0543 e. The van der Waals surface area contributed by atoms with E-state index in [4.69, 9.17) is 5.73 Å². The van der Waals surface area contributed by atoms with Crippen molar-refractivity contribution in [3.05, 3.63) is 30.1 Å². The van der Waals surface area contributed by atoms with Gasteiger partial charge in [-0.2, -0.15) is 0 Å². The van der Waals surface area contributed by atoms with Crippen LogP contribution in [0.2, 0.25) is 0 Å². The van der Waals surface area contributed by atoms with Crippen molar-refractivity contribution in [2.75, 3.05) is 20.1 Å². The SMILES string of the molecule is CC(C)CC(CN)CN(C)Cc1ccccn1. The maximum absolute atomic E-state index is 5.82. The summed E-state index contributed by atoms with van der Waals surface area (Å²) >= 11 is 0. The van der Waals surface area contributed by atoms with Gasteiger partial charge < -0.3 is 10.6 Å². The van der Waals surface area contributed by atoms with Crippen LogP contribution in [-0.4, -0.2) is 30.0 Å². The van der Waals surface area contributed by atoms with E-state index in [9.17, 15) is 0 Å². The Morgan fingerprint density at radius 1 is 1.35 bits per heavy atom. The second kappa shape index (κ2) is 7.41. The summed E-state index contributed by atoms with van der Waals surface area (Å²) in [7, 11) is 2.14. The van der Waals surface area contributed by atoms with Gasteiger partial charge >= 0.3 is 0 Å². The van der Waals surface area contributed by atoms with Crippen molar-refractivity contribution < 1.29 is 0 Å². The first-order chi connectivity index (χ1) is 8.11. The van der Waals surface area contributed by atoms with Crippen LogP contribution in [0.4, 0.5) is 0 Å². The minimum Gasteiger partial charge on any atom is -0.330 e. The highest BCUT2D eigenvalue weighted by Crippen LogP contribution is 2.12. The van der Waals surface area contributed by atoms with Crippen molar-refractivity contribution >= 4 is 0 Å². The number of nitrogens with zero attached hydrogens (tertiary/aromatic N) is 2. The lowest BCUT2D eigenvalue weighted by atomic mass is 9.97. The zero-order valence-corrected chi connectivity index (χ0v) is 11.3. The van der Waals surface area contributed by atoms with Gasteiger partial charge in [0.2, 0.25) is 0 Å². The molecule has 0 bridgehead atoms. The van der Waals surface area contributed by atoms with Crippen LogP contribution in [0, 0.1) is 11.8 Å². The Balaban J connectivity index is 2.40. The third-order valence-electron chi connectivity index (χ3n) is 2.87. The lowest BCUT2D eigenvalue weighted by Gasteiger charge is -2.24. The average Bonchev–Trinajstić information content (AvgIpc) is 2.28. The highest BCUT2D eigenvalue weighted by molar-refractivity contribution is 5.03. The molecule has 0 saturated heterocycles. The normalized spacial score (nSPS) is 13.3. The number of hydrogen-bond donors (Lipinski definition) is 1. The minimum absolute atomic E-state index is 0.587. The molecule has 1 atom stereocenters. The van der Waals surface area contributed by atoms with Gasteiger partial charge in [0.05, 0.1) is 5.69 Å². The van der Waals surface area contributed by atoms with Crippen molar-refractivity contribution in [1.29, 1.82) is 0 Å². The first-order valence-corrected chi connectivity index (χ1v) is 6.40. The Morgan fingerprint density at radius 2 is 2.12 bits per heavy atom. The molecule has 0 amide bonds. The summed E-state index contributed by atoms with van der Waals surface area (Å²) < 4.78 is 0. The van der Waals surface area contributed by atoms with Crippen molar-refractivity contribution in [2.45, 2.75) is 26.8 Å². The average molecular weight is 235 g/mol. The van der Waals surface area contributed by atoms with E-state index in [1.807, 2.05) is 18.3 Å². The Bertz CT molecular complexity index is 298. The molecule has 0 aliphatic heterocycles. The number of aromatic nitrogens is 1. The number of pyridine rings is 1. The topological polar surface area (TPSA) is 42.1 Å². The van der Waals surface area contributed by atoms with Crippen molar-refractivity contribution in [3.8, 4) is 0 Å². The maximum atomic E-state index is 5.82. The van der Waals surface area contributed by atoms with Crippen molar-refractivity contribution in [3.63, 3.8) is 0 Å². The van der Waals surface area contributed by atoms with E-state index >= 15 is 0 Å². The summed E-state index contributed by atoms with van der Waals surface area (Å²) in [5.74, 6) is 1.30. The Hall–Kier alpha value is -0.930. The fourth-order valence-corrected chi connectivity index (χ4v) is 2.19. The molecule has 1 aromatic rings. The Morgan fingerprint density at radius 3 is 2.65 bits per heavy atom. The molecule has 0 aromatic carbocycles. The molecule has 0 aliphatic rings. The van der Waals surface area contributed by atoms with Gasteiger partial charge in [0.1, 0.15) is 0 Å². The van der Waals surface area contributed by atoms with E-state index in [0.717, 1.165) is 25.3 Å². The van der Waals surface area contributed by atoms with Crippen LogP contribution >= 0.6 is 0 Å². The number of nitrogens with two attached hydrogens (primary N) is 1. The largest absolute Gasteiger partial charge is 0.330 e. The van der Waals surface area contributed by atoms with Crippen LogP contribution in [0.25, 0.3) is 0 Å². The van der Waals surface area contributed by atoms with Crippen LogP contribution in [0.1, 0.15) is 26.0 Å². The molecular weight excluding hydrogens is 210 g/mol. The molecule has 0 aliphatic carbocycles. The second-order valence-corrected chi connectivity index (χ2v) is 5.25. The van der Waals surface area contributed by atoms with Gasteiger partial charge in [-0.3, -0.25) is 4.98 Å². The van der Waals surface area contributed by atoms with Crippen LogP contribution in [-0.2, 0) is 6.54 Å². The third kappa shape index (κ3) is 5.80. The Labute approximate surface area is 105 Å². The van der Waals surface area contributed by atoms with Gasteiger partial charge in [-0.05, 0) is 44.0 Å². The van der Waals surface area contributed by atoms with E-state index in [1.165, 1.54) is 6.42 Å². The first kappa shape index (κ1) is 14.1. The molecule has 96 valence electrons. The molecule has 1 heterocycles. The fraction of sp³-hybridized carbons (Fsp3) is 0.643. The minimum atomic E-state index is 0.587. The summed E-state index contributed by atoms with van der Waals surface area (Å²) in [5.41, 5.74) is 6.94. The number of rotatable bonds is 7. The third-order valence-corrected chi connectivity index (χ3v) is 2.87. The summed E-state index contributed by atoms with van der Waals surface area (Å²) in [6.07, 6.45) is 3.04. The molecule has 0 fully saturated rings. The first-order valence-electron chi connectivity index (χ1n) is 6.40. The molecule has 3 heteroatoms. The molecule has 2 N–H and O–H groups in total.